The molecule has 1 aromatic rings. The number of halogens is 2. The van der Waals surface area contributed by atoms with Gasteiger partial charge in [0.05, 0.1) is 15.8 Å². The highest BCUT2D eigenvalue weighted by Gasteiger charge is 2.31. The fourth-order valence-corrected chi connectivity index (χ4v) is 4.36. The van der Waals surface area contributed by atoms with Crippen LogP contribution in [0.4, 0.5) is 0 Å². The third-order valence-electron chi connectivity index (χ3n) is 4.02. The first kappa shape index (κ1) is 19.3. The van der Waals surface area contributed by atoms with Crippen molar-refractivity contribution in [3.63, 3.8) is 0 Å². The minimum atomic E-state index is -3.28. The average molecular weight is 395 g/mol. The van der Waals surface area contributed by atoms with Crippen molar-refractivity contribution >= 4 is 39.1 Å². The van der Waals surface area contributed by atoms with E-state index in [0.29, 0.717) is 25.9 Å². The first-order valence-electron chi connectivity index (χ1n) is 7.60. The van der Waals surface area contributed by atoms with E-state index >= 15 is 0 Å². The Kier molecular flexibility index (Phi) is 6.01. The number of nitrogens with one attached hydrogen (secondary N) is 1. The van der Waals surface area contributed by atoms with Crippen molar-refractivity contribution in [3.8, 4) is 5.75 Å². The number of benzene rings is 1. The van der Waals surface area contributed by atoms with E-state index in [9.17, 15) is 18.3 Å². The van der Waals surface area contributed by atoms with Gasteiger partial charge in [-0.05, 0) is 38.8 Å². The smallest absolute Gasteiger partial charge is 0.255 e. The molecule has 134 valence electrons. The number of nitrogens with zero attached hydrogens (tertiary/aromatic N) is 1. The van der Waals surface area contributed by atoms with Gasteiger partial charge in [0.15, 0.2) is 0 Å². The summed E-state index contributed by atoms with van der Waals surface area (Å²) in [5.41, 5.74) is 0.00438. The molecule has 0 saturated carbocycles. The number of hydrogen-bond donors (Lipinski definition) is 2. The molecule has 24 heavy (non-hydrogen) atoms. The van der Waals surface area contributed by atoms with Crippen LogP contribution in [0.2, 0.25) is 10.0 Å². The second kappa shape index (κ2) is 7.47. The van der Waals surface area contributed by atoms with E-state index in [0.717, 1.165) is 0 Å². The van der Waals surface area contributed by atoms with E-state index in [4.69, 9.17) is 23.2 Å². The summed E-state index contributed by atoms with van der Waals surface area (Å²) in [6.07, 6.45) is 1.01. The summed E-state index contributed by atoms with van der Waals surface area (Å²) in [5.74, 6) is -0.805. The second-order valence-corrected chi connectivity index (χ2v) is 9.36. The van der Waals surface area contributed by atoms with Crippen molar-refractivity contribution in [2.24, 2.45) is 0 Å². The summed E-state index contributed by atoms with van der Waals surface area (Å²) in [5, 5.41) is 12.5. The molecule has 0 spiro atoms. The first-order valence-corrected chi connectivity index (χ1v) is 9.86. The summed E-state index contributed by atoms with van der Waals surface area (Å²) in [6, 6.07) is 2.52. The number of hydrogen-bond acceptors (Lipinski definition) is 4. The first-order chi connectivity index (χ1) is 11.1. The Hall–Kier alpha value is -1.02. The maximum atomic E-state index is 12.3. The lowest BCUT2D eigenvalue weighted by Crippen LogP contribution is -2.48. The Balaban J connectivity index is 2.01. The number of phenols is 1. The monoisotopic (exact) mass is 394 g/mol. The highest BCUT2D eigenvalue weighted by Crippen LogP contribution is 2.31. The van der Waals surface area contributed by atoms with Crippen molar-refractivity contribution < 1.29 is 18.3 Å². The van der Waals surface area contributed by atoms with Crippen LogP contribution in [0.1, 0.15) is 37.0 Å². The van der Waals surface area contributed by atoms with Crippen molar-refractivity contribution in [2.45, 2.75) is 38.0 Å². The van der Waals surface area contributed by atoms with Crippen LogP contribution >= 0.6 is 23.2 Å². The molecule has 2 N–H and O–H groups in total. The molecule has 0 unspecified atom stereocenters. The standard InChI is InChI=1S/C15H20Cl2N2O4S/c1-9(2)24(22,23)19-5-3-11(4-6-19)18-15(21)12-7-10(16)8-13(17)14(12)20/h7-9,11,20H,3-6H2,1-2H3,(H,18,21). The fraction of sp³-hybridized carbons (Fsp3) is 0.533. The van der Waals surface area contributed by atoms with Crippen LogP contribution in [-0.4, -0.2) is 48.1 Å². The van der Waals surface area contributed by atoms with E-state index in [2.05, 4.69) is 5.32 Å². The highest BCUT2D eigenvalue weighted by molar-refractivity contribution is 7.89. The SMILES string of the molecule is CC(C)S(=O)(=O)N1CCC(NC(=O)c2cc(Cl)cc(Cl)c2O)CC1. The molecule has 1 saturated heterocycles. The lowest BCUT2D eigenvalue weighted by molar-refractivity contribution is 0.0921. The van der Waals surface area contributed by atoms with Gasteiger partial charge in [-0.25, -0.2) is 12.7 Å². The number of piperidine rings is 1. The van der Waals surface area contributed by atoms with E-state index in [-0.39, 0.29) is 27.4 Å². The highest BCUT2D eigenvalue weighted by atomic mass is 35.5. The van der Waals surface area contributed by atoms with Gasteiger partial charge in [0.2, 0.25) is 10.0 Å². The Labute approximate surface area is 151 Å². The third kappa shape index (κ3) is 4.14. The molecule has 1 aliphatic rings. The number of amides is 1. The predicted molar refractivity (Wildman–Crippen MR) is 94.2 cm³/mol. The van der Waals surface area contributed by atoms with Gasteiger partial charge in [-0.1, -0.05) is 23.2 Å². The lowest BCUT2D eigenvalue weighted by atomic mass is 10.1. The van der Waals surface area contributed by atoms with Gasteiger partial charge in [0, 0.05) is 24.2 Å². The van der Waals surface area contributed by atoms with Crippen LogP contribution in [0, 0.1) is 0 Å². The Morgan fingerprint density at radius 2 is 1.88 bits per heavy atom. The van der Waals surface area contributed by atoms with Crippen LogP contribution in [0.5, 0.6) is 5.75 Å². The average Bonchev–Trinajstić information content (AvgIpc) is 2.51. The molecule has 1 heterocycles. The Bertz CT molecular complexity index is 729. The van der Waals surface area contributed by atoms with Crippen molar-refractivity contribution in [1.82, 2.24) is 9.62 Å². The molecule has 1 aromatic carbocycles. The normalized spacial score (nSPS) is 17.2. The molecule has 1 amide bonds. The zero-order chi connectivity index (χ0) is 18.1. The topological polar surface area (TPSA) is 86.7 Å². The van der Waals surface area contributed by atoms with Crippen LogP contribution in [0.25, 0.3) is 0 Å². The van der Waals surface area contributed by atoms with E-state index < -0.39 is 21.2 Å². The van der Waals surface area contributed by atoms with E-state index in [1.54, 1.807) is 13.8 Å². The number of phenolic OH excluding ortho intramolecular Hbond substituents is 1. The van der Waals surface area contributed by atoms with Gasteiger partial charge in [0.1, 0.15) is 5.75 Å². The number of carbonyl (C=O) groups excluding carboxylic acids is 1. The molecule has 0 atom stereocenters. The summed E-state index contributed by atoms with van der Waals surface area (Å²) in [6.45, 7) is 4.01. The van der Waals surface area contributed by atoms with Crippen LogP contribution < -0.4 is 5.32 Å². The van der Waals surface area contributed by atoms with Crippen LogP contribution in [-0.2, 0) is 10.0 Å². The molecule has 0 bridgehead atoms. The van der Waals surface area contributed by atoms with Crippen molar-refractivity contribution in [2.75, 3.05) is 13.1 Å². The molecular formula is C15H20Cl2N2O4S. The quantitative estimate of drug-likeness (QED) is 0.821. The van der Waals surface area contributed by atoms with Gasteiger partial charge in [0.25, 0.3) is 5.91 Å². The minimum Gasteiger partial charge on any atom is -0.506 e. The van der Waals surface area contributed by atoms with E-state index in [1.807, 2.05) is 0 Å². The largest absolute Gasteiger partial charge is 0.506 e. The lowest BCUT2D eigenvalue weighted by Gasteiger charge is -2.32. The minimum absolute atomic E-state index is 0.00438. The molecule has 2 rings (SSSR count). The summed E-state index contributed by atoms with van der Waals surface area (Å²) < 4.78 is 25.7. The van der Waals surface area contributed by atoms with Crippen molar-refractivity contribution in [3.05, 3.63) is 27.7 Å². The molecular weight excluding hydrogens is 375 g/mol. The van der Waals surface area contributed by atoms with Crippen LogP contribution in [0.3, 0.4) is 0 Å². The maximum Gasteiger partial charge on any atom is 0.255 e. The summed E-state index contributed by atoms with van der Waals surface area (Å²) >= 11 is 11.7. The van der Waals surface area contributed by atoms with Crippen LogP contribution in [0.15, 0.2) is 12.1 Å². The molecule has 1 aliphatic heterocycles. The second-order valence-electron chi connectivity index (χ2n) is 6.02. The fourth-order valence-electron chi connectivity index (χ4n) is 2.55. The molecule has 1 fully saturated rings. The van der Waals surface area contributed by atoms with Gasteiger partial charge in [-0.3, -0.25) is 4.79 Å². The van der Waals surface area contributed by atoms with Gasteiger partial charge >= 0.3 is 0 Å². The zero-order valence-electron chi connectivity index (χ0n) is 13.4. The van der Waals surface area contributed by atoms with Gasteiger partial charge in [-0.2, -0.15) is 0 Å². The molecule has 0 aromatic heterocycles. The number of aromatic hydroxyl groups is 1. The Morgan fingerprint density at radius 1 is 1.29 bits per heavy atom. The van der Waals surface area contributed by atoms with Gasteiger partial charge in [-0.15, -0.1) is 0 Å². The maximum absolute atomic E-state index is 12.3. The number of carbonyl (C=O) groups is 1. The molecule has 0 radical (unpaired) electrons. The molecule has 9 heteroatoms. The predicted octanol–water partition coefficient (Wildman–Crippen LogP) is 2.63. The summed E-state index contributed by atoms with van der Waals surface area (Å²) in [4.78, 5) is 12.3. The molecule has 6 nitrogen and oxygen atoms in total. The van der Waals surface area contributed by atoms with Crippen molar-refractivity contribution in [1.29, 1.82) is 0 Å². The number of rotatable bonds is 4. The summed E-state index contributed by atoms with van der Waals surface area (Å²) in [7, 11) is -3.28. The third-order valence-corrected chi connectivity index (χ3v) is 6.80. The van der Waals surface area contributed by atoms with E-state index in [1.165, 1.54) is 16.4 Å². The number of sulfonamides is 1. The molecule has 0 aliphatic carbocycles. The zero-order valence-corrected chi connectivity index (χ0v) is 15.7. The Morgan fingerprint density at radius 3 is 2.42 bits per heavy atom. The van der Waals surface area contributed by atoms with Gasteiger partial charge < -0.3 is 10.4 Å².